The molecule has 0 amide bonds. The van der Waals surface area contributed by atoms with E-state index in [1.54, 1.807) is 6.08 Å². The zero-order valence-electron chi connectivity index (χ0n) is 7.66. The molecule has 0 saturated heterocycles. The van der Waals surface area contributed by atoms with Crippen LogP contribution in [0.1, 0.15) is 20.3 Å². The molecule has 12 heavy (non-hydrogen) atoms. The van der Waals surface area contributed by atoms with Gasteiger partial charge >= 0.3 is 5.97 Å². The quantitative estimate of drug-likeness (QED) is 0.543. The highest BCUT2D eigenvalue weighted by atomic mass is 35.5. The van der Waals surface area contributed by atoms with E-state index < -0.39 is 0 Å². The molecule has 0 aromatic heterocycles. The second kappa shape index (κ2) is 6.03. The first kappa shape index (κ1) is 14.0. The van der Waals surface area contributed by atoms with Gasteiger partial charge < -0.3 is 10.5 Å². The molecule has 4 heteroatoms. The van der Waals surface area contributed by atoms with E-state index in [0.29, 0.717) is 6.42 Å². The summed E-state index contributed by atoms with van der Waals surface area (Å²) in [6, 6.07) is 0. The summed E-state index contributed by atoms with van der Waals surface area (Å²) in [4.78, 5) is 10.5. The summed E-state index contributed by atoms with van der Waals surface area (Å²) < 4.78 is 4.40. The van der Waals surface area contributed by atoms with Gasteiger partial charge in [-0.2, -0.15) is 0 Å². The van der Waals surface area contributed by atoms with Crippen LogP contribution in [0.25, 0.3) is 0 Å². The van der Waals surface area contributed by atoms with Gasteiger partial charge in [-0.05, 0) is 20.3 Å². The summed E-state index contributed by atoms with van der Waals surface area (Å²) in [5, 5.41) is 0. The van der Waals surface area contributed by atoms with Crippen molar-refractivity contribution in [3.05, 3.63) is 12.2 Å². The summed E-state index contributed by atoms with van der Waals surface area (Å²) in [5.74, 6) is -0.339. The summed E-state index contributed by atoms with van der Waals surface area (Å²) in [7, 11) is 1.35. The average molecular weight is 194 g/mol. The van der Waals surface area contributed by atoms with Crippen LogP contribution in [0.15, 0.2) is 12.2 Å². The van der Waals surface area contributed by atoms with Crippen LogP contribution in [0, 0.1) is 0 Å². The summed E-state index contributed by atoms with van der Waals surface area (Å²) >= 11 is 0. The molecule has 0 fully saturated rings. The van der Waals surface area contributed by atoms with Crippen LogP contribution >= 0.6 is 12.4 Å². The van der Waals surface area contributed by atoms with Crippen LogP contribution < -0.4 is 5.73 Å². The highest BCUT2D eigenvalue weighted by molar-refractivity contribution is 5.85. The van der Waals surface area contributed by atoms with Gasteiger partial charge in [-0.3, -0.25) is 0 Å². The van der Waals surface area contributed by atoms with Gasteiger partial charge in [0.05, 0.1) is 7.11 Å². The third-order valence-corrected chi connectivity index (χ3v) is 1.10. The number of carbonyl (C=O) groups is 1. The normalized spacial score (nSPS) is 11.0. The molecule has 3 nitrogen and oxygen atoms in total. The Bertz CT molecular complexity index is 161. The lowest BCUT2D eigenvalue weighted by molar-refractivity contribution is -0.134. The number of esters is 1. The van der Waals surface area contributed by atoms with Crippen LogP contribution in [-0.4, -0.2) is 18.6 Å². The monoisotopic (exact) mass is 193 g/mol. The molecule has 0 bridgehead atoms. The van der Waals surface area contributed by atoms with Crippen molar-refractivity contribution in [3.63, 3.8) is 0 Å². The van der Waals surface area contributed by atoms with Gasteiger partial charge in [0.15, 0.2) is 0 Å². The molecular weight excluding hydrogens is 178 g/mol. The molecule has 0 rings (SSSR count). The van der Waals surface area contributed by atoms with Gasteiger partial charge in [-0.15, -0.1) is 12.4 Å². The molecule has 0 atom stereocenters. The van der Waals surface area contributed by atoms with E-state index in [1.165, 1.54) is 13.2 Å². The zero-order chi connectivity index (χ0) is 8.91. The SMILES string of the molecule is COC(=O)C=CCC(C)(C)N.Cl. The maximum Gasteiger partial charge on any atom is 0.330 e. The van der Waals surface area contributed by atoms with E-state index in [0.717, 1.165) is 0 Å². The van der Waals surface area contributed by atoms with Crippen LogP contribution in [0.3, 0.4) is 0 Å². The van der Waals surface area contributed by atoms with Crippen molar-refractivity contribution in [3.8, 4) is 0 Å². The molecule has 0 spiro atoms. The molecule has 0 radical (unpaired) electrons. The van der Waals surface area contributed by atoms with Crippen molar-refractivity contribution >= 4 is 18.4 Å². The van der Waals surface area contributed by atoms with E-state index in [9.17, 15) is 4.79 Å². The van der Waals surface area contributed by atoms with E-state index in [1.807, 2.05) is 13.8 Å². The van der Waals surface area contributed by atoms with Crippen molar-refractivity contribution in [2.45, 2.75) is 25.8 Å². The third-order valence-electron chi connectivity index (χ3n) is 1.10. The van der Waals surface area contributed by atoms with Crippen molar-refractivity contribution < 1.29 is 9.53 Å². The highest BCUT2D eigenvalue weighted by Crippen LogP contribution is 2.03. The predicted octanol–water partition coefficient (Wildman–Crippen LogP) is 1.26. The fraction of sp³-hybridized carbons (Fsp3) is 0.625. The molecule has 0 aromatic rings. The van der Waals surface area contributed by atoms with Crippen molar-refractivity contribution in [2.24, 2.45) is 5.73 Å². The second-order valence-electron chi connectivity index (χ2n) is 3.12. The molecule has 0 aliphatic carbocycles. The van der Waals surface area contributed by atoms with E-state index in [2.05, 4.69) is 4.74 Å². The lowest BCUT2D eigenvalue weighted by atomic mass is 10.0. The molecule has 0 aliphatic heterocycles. The fourth-order valence-corrected chi connectivity index (χ4v) is 0.527. The topological polar surface area (TPSA) is 52.3 Å². The number of methoxy groups -OCH3 is 1. The number of halogens is 1. The third kappa shape index (κ3) is 9.46. The molecule has 0 aliphatic rings. The van der Waals surface area contributed by atoms with Gasteiger partial charge in [-0.1, -0.05) is 6.08 Å². The first-order chi connectivity index (χ1) is 4.95. The van der Waals surface area contributed by atoms with Gasteiger partial charge in [0.25, 0.3) is 0 Å². The Morgan fingerprint density at radius 1 is 1.58 bits per heavy atom. The Morgan fingerprint density at radius 2 is 2.08 bits per heavy atom. The van der Waals surface area contributed by atoms with Gasteiger partial charge in [0, 0.05) is 11.6 Å². The Balaban J connectivity index is 0. The molecule has 0 aromatic carbocycles. The van der Waals surface area contributed by atoms with Crippen LogP contribution in [0.5, 0.6) is 0 Å². The zero-order valence-corrected chi connectivity index (χ0v) is 8.48. The smallest absolute Gasteiger partial charge is 0.330 e. The van der Waals surface area contributed by atoms with Crippen molar-refractivity contribution in [2.75, 3.05) is 7.11 Å². The number of carbonyl (C=O) groups excluding carboxylic acids is 1. The minimum atomic E-state index is -0.339. The molecular formula is C8H16ClNO2. The largest absolute Gasteiger partial charge is 0.466 e. The predicted molar refractivity (Wildman–Crippen MR) is 51.3 cm³/mol. The Morgan fingerprint density at radius 3 is 2.42 bits per heavy atom. The highest BCUT2D eigenvalue weighted by Gasteiger charge is 2.06. The summed E-state index contributed by atoms with van der Waals surface area (Å²) in [6.45, 7) is 3.79. The first-order valence-electron chi connectivity index (χ1n) is 3.49. The number of nitrogens with two attached hydrogens (primary N) is 1. The molecule has 72 valence electrons. The molecule has 2 N–H and O–H groups in total. The molecule has 0 unspecified atom stereocenters. The number of hydrogen-bond acceptors (Lipinski definition) is 3. The average Bonchev–Trinajstić information content (AvgIpc) is 1.85. The number of rotatable bonds is 3. The van der Waals surface area contributed by atoms with E-state index in [4.69, 9.17) is 5.73 Å². The lowest BCUT2D eigenvalue weighted by Crippen LogP contribution is -2.30. The number of hydrogen-bond donors (Lipinski definition) is 1. The fourth-order valence-electron chi connectivity index (χ4n) is 0.527. The lowest BCUT2D eigenvalue weighted by Gasteiger charge is -2.14. The molecule has 0 saturated carbocycles. The molecule has 0 heterocycles. The van der Waals surface area contributed by atoms with Gasteiger partial charge in [0.2, 0.25) is 0 Å². The van der Waals surface area contributed by atoms with Crippen molar-refractivity contribution in [1.29, 1.82) is 0 Å². The minimum Gasteiger partial charge on any atom is -0.466 e. The summed E-state index contributed by atoms with van der Waals surface area (Å²) in [6.07, 6.45) is 3.77. The first-order valence-corrected chi connectivity index (χ1v) is 3.49. The standard InChI is InChI=1S/C8H15NO2.ClH/c1-8(2,9)6-4-5-7(10)11-3;/h4-5H,6,9H2,1-3H3;1H. The maximum absolute atomic E-state index is 10.5. The summed E-state index contributed by atoms with van der Waals surface area (Å²) in [5.41, 5.74) is 5.40. The van der Waals surface area contributed by atoms with Crippen LogP contribution in [0.4, 0.5) is 0 Å². The number of ether oxygens (including phenoxy) is 1. The Labute approximate surface area is 79.4 Å². The van der Waals surface area contributed by atoms with Crippen molar-refractivity contribution in [1.82, 2.24) is 0 Å². The maximum atomic E-state index is 10.5. The Hall–Kier alpha value is -0.540. The van der Waals surface area contributed by atoms with E-state index in [-0.39, 0.29) is 23.9 Å². The van der Waals surface area contributed by atoms with Crippen LogP contribution in [0.2, 0.25) is 0 Å². The minimum absolute atomic E-state index is 0. The van der Waals surface area contributed by atoms with Gasteiger partial charge in [0.1, 0.15) is 0 Å². The van der Waals surface area contributed by atoms with E-state index >= 15 is 0 Å². The Kier molecular flexibility index (Phi) is 7.04. The van der Waals surface area contributed by atoms with Crippen LogP contribution in [-0.2, 0) is 9.53 Å². The second-order valence-corrected chi connectivity index (χ2v) is 3.12. The van der Waals surface area contributed by atoms with Gasteiger partial charge in [-0.25, -0.2) is 4.79 Å².